The van der Waals surface area contributed by atoms with E-state index in [2.05, 4.69) is 0 Å². The van der Waals surface area contributed by atoms with Gasteiger partial charge in [0.25, 0.3) is 0 Å². The average molecular weight is 267 g/mol. The van der Waals surface area contributed by atoms with Gasteiger partial charge in [0.15, 0.2) is 0 Å². The van der Waals surface area contributed by atoms with Crippen LogP contribution < -0.4 is 4.74 Å². The fourth-order valence-corrected chi connectivity index (χ4v) is 2.35. The van der Waals surface area contributed by atoms with E-state index in [9.17, 15) is 12.8 Å². The molecule has 0 aromatic heterocycles. The van der Waals surface area contributed by atoms with Crippen LogP contribution in [0.4, 0.5) is 4.39 Å². The summed E-state index contributed by atoms with van der Waals surface area (Å²) in [6, 6.07) is 6.87. The first-order valence-corrected chi connectivity index (χ1v) is 7.08. The average Bonchev–Trinajstić information content (AvgIpc) is 2.15. The van der Waals surface area contributed by atoms with E-state index in [-0.39, 0.29) is 6.42 Å². The highest BCUT2D eigenvalue weighted by Gasteiger charge is 2.18. The molecule has 0 fully saturated rings. The maximum atomic E-state index is 13.4. The number of halogens is 2. The van der Waals surface area contributed by atoms with Crippen LogP contribution in [0, 0.1) is 0 Å². The molecule has 0 bridgehead atoms. The van der Waals surface area contributed by atoms with Crippen LogP contribution in [0.5, 0.6) is 5.75 Å². The van der Waals surface area contributed by atoms with Crippen molar-refractivity contribution >= 4 is 19.7 Å². The lowest BCUT2D eigenvalue weighted by atomic mass is 10.1. The van der Waals surface area contributed by atoms with Gasteiger partial charge in [-0.2, -0.15) is 0 Å². The molecule has 0 spiro atoms. The molecule has 3 nitrogen and oxygen atoms in total. The minimum atomic E-state index is -3.81. The molecule has 0 N–H and O–H groups in total. The van der Waals surface area contributed by atoms with Crippen molar-refractivity contribution in [2.24, 2.45) is 0 Å². The number of benzene rings is 1. The molecule has 0 aliphatic carbocycles. The van der Waals surface area contributed by atoms with E-state index in [4.69, 9.17) is 15.4 Å². The highest BCUT2D eigenvalue weighted by atomic mass is 35.7. The minimum Gasteiger partial charge on any atom is -0.496 e. The molecule has 90 valence electrons. The molecule has 0 saturated heterocycles. The maximum Gasteiger partial charge on any atom is 0.235 e. The Balaban J connectivity index is 2.73. The van der Waals surface area contributed by atoms with E-state index in [1.54, 1.807) is 24.3 Å². The number of hydrogen-bond acceptors (Lipinski definition) is 3. The van der Waals surface area contributed by atoms with E-state index in [0.29, 0.717) is 11.3 Å². The van der Waals surface area contributed by atoms with Crippen LogP contribution in [0.15, 0.2) is 24.3 Å². The molecule has 0 saturated carbocycles. The minimum absolute atomic E-state index is 0.0318. The Kier molecular flexibility index (Phi) is 4.56. The van der Waals surface area contributed by atoms with Crippen molar-refractivity contribution in [2.45, 2.75) is 12.6 Å². The fraction of sp³-hybridized carbons (Fsp3) is 0.400. The summed E-state index contributed by atoms with van der Waals surface area (Å²) >= 11 is 0. The lowest BCUT2D eigenvalue weighted by Crippen LogP contribution is -2.15. The monoisotopic (exact) mass is 266 g/mol. The van der Waals surface area contributed by atoms with E-state index in [1.807, 2.05) is 0 Å². The molecular weight excluding hydrogens is 255 g/mol. The molecule has 0 radical (unpaired) electrons. The molecule has 0 heterocycles. The van der Waals surface area contributed by atoms with Crippen LogP contribution in [0.2, 0.25) is 0 Å². The quantitative estimate of drug-likeness (QED) is 0.767. The summed E-state index contributed by atoms with van der Waals surface area (Å²) in [5, 5.41) is 0. The highest BCUT2D eigenvalue weighted by Crippen LogP contribution is 2.20. The fourth-order valence-electron chi connectivity index (χ4n) is 1.39. The van der Waals surface area contributed by atoms with Crippen molar-refractivity contribution < 1.29 is 17.5 Å². The SMILES string of the molecule is COc1ccccc1CC(F)CS(=O)(=O)Cl. The van der Waals surface area contributed by atoms with Crippen molar-refractivity contribution in [1.29, 1.82) is 0 Å². The number of methoxy groups -OCH3 is 1. The summed E-state index contributed by atoms with van der Waals surface area (Å²) < 4.78 is 39.8. The molecule has 0 amide bonds. The Morgan fingerprint density at radius 3 is 2.62 bits per heavy atom. The van der Waals surface area contributed by atoms with Gasteiger partial charge in [0.1, 0.15) is 11.9 Å². The largest absolute Gasteiger partial charge is 0.496 e. The van der Waals surface area contributed by atoms with Crippen LogP contribution in [0.1, 0.15) is 5.56 Å². The number of alkyl halides is 1. The highest BCUT2D eigenvalue weighted by molar-refractivity contribution is 8.13. The molecule has 0 aliphatic rings. The lowest BCUT2D eigenvalue weighted by molar-refractivity contribution is 0.352. The van der Waals surface area contributed by atoms with Crippen molar-refractivity contribution in [1.82, 2.24) is 0 Å². The van der Waals surface area contributed by atoms with Gasteiger partial charge in [-0.3, -0.25) is 0 Å². The summed E-state index contributed by atoms with van der Waals surface area (Å²) in [6.07, 6.45) is -1.56. The van der Waals surface area contributed by atoms with Crippen LogP contribution in [0.3, 0.4) is 0 Å². The van der Waals surface area contributed by atoms with Gasteiger partial charge < -0.3 is 4.74 Å². The van der Waals surface area contributed by atoms with Gasteiger partial charge in [0.05, 0.1) is 12.9 Å². The van der Waals surface area contributed by atoms with Crippen molar-refractivity contribution in [2.75, 3.05) is 12.9 Å². The predicted molar refractivity (Wildman–Crippen MR) is 61.2 cm³/mol. The molecule has 1 aromatic rings. The van der Waals surface area contributed by atoms with E-state index < -0.39 is 21.0 Å². The van der Waals surface area contributed by atoms with Crippen LogP contribution in [-0.4, -0.2) is 27.5 Å². The van der Waals surface area contributed by atoms with Crippen LogP contribution >= 0.6 is 10.7 Å². The normalized spacial score (nSPS) is 13.4. The number of para-hydroxylation sites is 1. The molecule has 1 unspecified atom stereocenters. The smallest absolute Gasteiger partial charge is 0.235 e. The Morgan fingerprint density at radius 1 is 1.44 bits per heavy atom. The summed E-state index contributed by atoms with van der Waals surface area (Å²) in [6.45, 7) is 0. The van der Waals surface area contributed by atoms with E-state index >= 15 is 0 Å². The first-order chi connectivity index (χ1) is 7.42. The van der Waals surface area contributed by atoms with Crippen LogP contribution in [0.25, 0.3) is 0 Å². The number of ether oxygens (including phenoxy) is 1. The standard InChI is InChI=1S/C10H12ClFO3S/c1-15-10-5-3-2-4-8(10)6-9(12)7-16(11,13)14/h2-5,9H,6-7H2,1H3. The van der Waals surface area contributed by atoms with Crippen molar-refractivity contribution in [3.63, 3.8) is 0 Å². The van der Waals surface area contributed by atoms with Crippen molar-refractivity contribution in [3.05, 3.63) is 29.8 Å². The van der Waals surface area contributed by atoms with Gasteiger partial charge in [0.2, 0.25) is 9.05 Å². The Bertz CT molecular complexity index is 447. The Hall–Kier alpha value is -0.810. The molecular formula is C10H12ClFO3S. The molecule has 0 aliphatic heterocycles. The third kappa shape index (κ3) is 4.37. The molecule has 6 heteroatoms. The number of rotatable bonds is 5. The van der Waals surface area contributed by atoms with Gasteiger partial charge in [-0.05, 0) is 11.6 Å². The van der Waals surface area contributed by atoms with Gasteiger partial charge in [-0.1, -0.05) is 18.2 Å². The molecule has 1 aromatic carbocycles. The van der Waals surface area contributed by atoms with Crippen LogP contribution in [-0.2, 0) is 15.5 Å². The van der Waals surface area contributed by atoms with Gasteiger partial charge in [-0.25, -0.2) is 12.8 Å². The van der Waals surface area contributed by atoms with E-state index in [1.165, 1.54) is 7.11 Å². The second-order valence-electron chi connectivity index (χ2n) is 3.32. The zero-order chi connectivity index (χ0) is 12.2. The third-order valence-corrected chi connectivity index (χ3v) is 3.15. The second kappa shape index (κ2) is 5.50. The molecule has 1 rings (SSSR count). The predicted octanol–water partition coefficient (Wildman–Crippen LogP) is 2.14. The Morgan fingerprint density at radius 2 is 2.06 bits per heavy atom. The maximum absolute atomic E-state index is 13.4. The third-order valence-electron chi connectivity index (χ3n) is 2.01. The van der Waals surface area contributed by atoms with Gasteiger partial charge in [-0.15, -0.1) is 0 Å². The summed E-state index contributed by atoms with van der Waals surface area (Å²) in [5.41, 5.74) is 0.623. The Labute approximate surface area is 98.6 Å². The summed E-state index contributed by atoms with van der Waals surface area (Å²) in [4.78, 5) is 0. The number of hydrogen-bond donors (Lipinski definition) is 0. The van der Waals surface area contributed by atoms with Gasteiger partial charge >= 0.3 is 0 Å². The van der Waals surface area contributed by atoms with Crippen molar-refractivity contribution in [3.8, 4) is 5.75 Å². The first-order valence-electron chi connectivity index (χ1n) is 4.60. The van der Waals surface area contributed by atoms with E-state index in [0.717, 1.165) is 0 Å². The topological polar surface area (TPSA) is 43.4 Å². The summed E-state index contributed by atoms with van der Waals surface area (Å²) in [5.74, 6) is -0.149. The zero-order valence-corrected chi connectivity index (χ0v) is 10.3. The lowest BCUT2D eigenvalue weighted by Gasteiger charge is -2.10. The zero-order valence-electron chi connectivity index (χ0n) is 8.69. The van der Waals surface area contributed by atoms with Gasteiger partial charge in [0, 0.05) is 17.1 Å². The first kappa shape index (κ1) is 13.3. The molecule has 1 atom stereocenters. The summed E-state index contributed by atoms with van der Waals surface area (Å²) in [7, 11) is 2.64. The second-order valence-corrected chi connectivity index (χ2v) is 6.14. The molecule has 16 heavy (non-hydrogen) atoms.